The maximum atomic E-state index is 11.4. The number of carbonyl (C=O) groups is 3. The highest BCUT2D eigenvalue weighted by Crippen LogP contribution is 2.28. The summed E-state index contributed by atoms with van der Waals surface area (Å²) < 4.78 is 19.4. The van der Waals surface area contributed by atoms with Crippen molar-refractivity contribution in [2.24, 2.45) is 0 Å². The van der Waals surface area contributed by atoms with E-state index >= 15 is 0 Å². The fourth-order valence-electron chi connectivity index (χ4n) is 1.35. The van der Waals surface area contributed by atoms with Crippen molar-refractivity contribution in [3.05, 3.63) is 23.8 Å². The zero-order chi connectivity index (χ0) is 15.8. The monoisotopic (exact) mass is 296 g/mol. The molecule has 0 aliphatic carbocycles. The lowest BCUT2D eigenvalue weighted by Gasteiger charge is -2.12. The van der Waals surface area contributed by atoms with E-state index in [-0.39, 0.29) is 30.5 Å². The van der Waals surface area contributed by atoms with Crippen molar-refractivity contribution in [3.63, 3.8) is 0 Å². The van der Waals surface area contributed by atoms with Crippen LogP contribution in [0.4, 0.5) is 0 Å². The van der Waals surface area contributed by atoms with Gasteiger partial charge in [0.2, 0.25) is 0 Å². The molecule has 0 fully saturated rings. The number of methoxy groups -OCH3 is 2. The van der Waals surface area contributed by atoms with Gasteiger partial charge in [-0.05, 0) is 25.1 Å². The number of ether oxygens (including phenoxy) is 4. The Labute approximate surface area is 121 Å². The number of hydrogen-bond acceptors (Lipinski definition) is 7. The van der Waals surface area contributed by atoms with E-state index < -0.39 is 11.9 Å². The maximum absolute atomic E-state index is 11.4. The van der Waals surface area contributed by atoms with Crippen LogP contribution in [-0.2, 0) is 19.1 Å². The lowest BCUT2D eigenvalue weighted by atomic mass is 10.1. The topological polar surface area (TPSA) is 88.1 Å². The molecule has 0 spiro atoms. The van der Waals surface area contributed by atoms with E-state index in [0.29, 0.717) is 5.56 Å². The van der Waals surface area contributed by atoms with E-state index in [9.17, 15) is 14.4 Å². The first-order chi connectivity index (χ1) is 9.97. The number of Topliss-reactive ketones (excluding diaryl/α,β-unsaturated/α-hetero) is 1. The highest BCUT2D eigenvalue weighted by Gasteiger charge is 2.13. The van der Waals surface area contributed by atoms with Gasteiger partial charge in [-0.25, -0.2) is 9.59 Å². The predicted octanol–water partition coefficient (Wildman–Crippen LogP) is 0.993. The van der Waals surface area contributed by atoms with Crippen LogP contribution in [0, 0.1) is 0 Å². The van der Waals surface area contributed by atoms with Crippen molar-refractivity contribution >= 4 is 17.7 Å². The minimum Gasteiger partial charge on any atom is -0.478 e. The average molecular weight is 296 g/mol. The van der Waals surface area contributed by atoms with Crippen molar-refractivity contribution in [2.75, 3.05) is 27.4 Å². The molecule has 7 nitrogen and oxygen atoms in total. The summed E-state index contributed by atoms with van der Waals surface area (Å²) in [4.78, 5) is 33.5. The first-order valence-electron chi connectivity index (χ1n) is 6.02. The summed E-state index contributed by atoms with van der Waals surface area (Å²) in [7, 11) is 2.46. The summed E-state index contributed by atoms with van der Waals surface area (Å²) >= 11 is 0. The van der Waals surface area contributed by atoms with Crippen molar-refractivity contribution in [2.45, 2.75) is 6.92 Å². The molecule has 1 aromatic rings. The number of ketones is 1. The lowest BCUT2D eigenvalue weighted by molar-refractivity contribution is -0.144. The first-order valence-corrected chi connectivity index (χ1v) is 6.02. The molecule has 1 aromatic carbocycles. The van der Waals surface area contributed by atoms with Gasteiger partial charge in [-0.3, -0.25) is 4.79 Å². The number of hydrogen-bond donors (Lipinski definition) is 0. The predicted molar refractivity (Wildman–Crippen MR) is 71.5 cm³/mol. The summed E-state index contributed by atoms with van der Waals surface area (Å²) in [5.41, 5.74) is 0.389. The molecule has 0 saturated heterocycles. The second-order valence-electron chi connectivity index (χ2n) is 3.95. The fourth-order valence-corrected chi connectivity index (χ4v) is 1.35. The van der Waals surface area contributed by atoms with Gasteiger partial charge < -0.3 is 18.9 Å². The summed E-state index contributed by atoms with van der Waals surface area (Å²) in [6.45, 7) is 0.741. The van der Waals surface area contributed by atoms with Crippen LogP contribution in [0.25, 0.3) is 0 Å². The molecule has 0 amide bonds. The normalized spacial score (nSPS) is 9.67. The average Bonchev–Trinajstić information content (AvgIpc) is 2.50. The van der Waals surface area contributed by atoms with Crippen LogP contribution in [0.2, 0.25) is 0 Å². The molecule has 0 saturated carbocycles. The zero-order valence-electron chi connectivity index (χ0n) is 12.0. The van der Waals surface area contributed by atoms with E-state index in [1.807, 2.05) is 0 Å². The number of esters is 2. The molecule has 0 atom stereocenters. The Hall–Kier alpha value is -2.57. The van der Waals surface area contributed by atoms with Gasteiger partial charge in [-0.1, -0.05) is 0 Å². The van der Waals surface area contributed by atoms with Crippen LogP contribution < -0.4 is 9.47 Å². The Morgan fingerprint density at radius 1 is 0.905 bits per heavy atom. The van der Waals surface area contributed by atoms with Crippen LogP contribution in [0.5, 0.6) is 11.5 Å². The lowest BCUT2D eigenvalue weighted by Crippen LogP contribution is -2.15. The summed E-state index contributed by atoms with van der Waals surface area (Å²) in [6.07, 6.45) is 0. The molecule has 0 aliphatic heterocycles. The SMILES string of the molecule is COC(=O)COc1ccc(C(C)=O)cc1OCC(=O)OC. The van der Waals surface area contributed by atoms with Crippen LogP contribution in [0.1, 0.15) is 17.3 Å². The minimum absolute atomic E-state index is 0.164. The number of rotatable bonds is 7. The van der Waals surface area contributed by atoms with Crippen molar-refractivity contribution < 1.29 is 33.3 Å². The molecular formula is C14H16O7. The molecule has 0 N–H and O–H groups in total. The smallest absolute Gasteiger partial charge is 0.343 e. The van der Waals surface area contributed by atoms with Crippen LogP contribution in [-0.4, -0.2) is 45.2 Å². The van der Waals surface area contributed by atoms with Gasteiger partial charge in [0.1, 0.15) is 0 Å². The Balaban J connectivity index is 2.91. The van der Waals surface area contributed by atoms with Gasteiger partial charge in [0, 0.05) is 5.56 Å². The zero-order valence-corrected chi connectivity index (χ0v) is 12.0. The molecule has 0 radical (unpaired) electrons. The van der Waals surface area contributed by atoms with Crippen LogP contribution in [0.3, 0.4) is 0 Å². The van der Waals surface area contributed by atoms with Crippen molar-refractivity contribution in [1.29, 1.82) is 0 Å². The van der Waals surface area contributed by atoms with Crippen molar-refractivity contribution in [3.8, 4) is 11.5 Å². The molecular weight excluding hydrogens is 280 g/mol. The standard InChI is InChI=1S/C14H16O7/c1-9(15)10-4-5-11(20-7-13(16)18-2)12(6-10)21-8-14(17)19-3/h4-6H,7-8H2,1-3H3. The molecule has 21 heavy (non-hydrogen) atoms. The Kier molecular flexibility index (Phi) is 6.19. The van der Waals surface area contributed by atoms with Crippen LogP contribution in [0.15, 0.2) is 18.2 Å². The van der Waals surface area contributed by atoms with Crippen molar-refractivity contribution in [1.82, 2.24) is 0 Å². The van der Waals surface area contributed by atoms with Gasteiger partial charge in [0.25, 0.3) is 0 Å². The first kappa shape index (κ1) is 16.5. The van der Waals surface area contributed by atoms with Gasteiger partial charge in [-0.2, -0.15) is 0 Å². The van der Waals surface area contributed by atoms with E-state index in [0.717, 1.165) is 0 Å². The number of benzene rings is 1. The highest BCUT2D eigenvalue weighted by molar-refractivity contribution is 5.94. The minimum atomic E-state index is -0.581. The quantitative estimate of drug-likeness (QED) is 0.547. The van der Waals surface area contributed by atoms with Crippen LogP contribution >= 0.6 is 0 Å². The van der Waals surface area contributed by atoms with Gasteiger partial charge in [0.05, 0.1) is 14.2 Å². The van der Waals surface area contributed by atoms with Gasteiger partial charge in [0.15, 0.2) is 30.5 Å². The third-order valence-electron chi connectivity index (χ3n) is 2.50. The fraction of sp³-hybridized carbons (Fsp3) is 0.357. The third kappa shape index (κ3) is 5.13. The largest absolute Gasteiger partial charge is 0.478 e. The Morgan fingerprint density at radius 2 is 1.43 bits per heavy atom. The second kappa shape index (κ2) is 7.88. The van der Waals surface area contributed by atoms with Gasteiger partial charge in [-0.15, -0.1) is 0 Å². The maximum Gasteiger partial charge on any atom is 0.343 e. The summed E-state index contributed by atoms with van der Waals surface area (Å²) in [5.74, 6) is -0.935. The molecule has 0 bridgehead atoms. The molecule has 114 valence electrons. The van der Waals surface area contributed by atoms with E-state index in [2.05, 4.69) is 9.47 Å². The molecule has 0 heterocycles. The molecule has 0 aliphatic rings. The molecule has 7 heteroatoms. The Morgan fingerprint density at radius 3 is 1.90 bits per heavy atom. The third-order valence-corrected chi connectivity index (χ3v) is 2.50. The summed E-state index contributed by atoms with van der Waals surface area (Å²) in [5, 5.41) is 0. The van der Waals surface area contributed by atoms with E-state index in [1.54, 1.807) is 0 Å². The Bertz CT molecular complexity index is 536. The second-order valence-corrected chi connectivity index (χ2v) is 3.95. The molecule has 1 rings (SSSR count). The number of carbonyl (C=O) groups excluding carboxylic acids is 3. The van der Waals surface area contributed by atoms with E-state index in [4.69, 9.17) is 9.47 Å². The molecule has 0 aromatic heterocycles. The van der Waals surface area contributed by atoms with Gasteiger partial charge >= 0.3 is 11.9 Å². The highest BCUT2D eigenvalue weighted by atomic mass is 16.6. The van der Waals surface area contributed by atoms with E-state index in [1.165, 1.54) is 39.3 Å². The summed E-state index contributed by atoms with van der Waals surface area (Å²) in [6, 6.07) is 4.43. The molecule has 0 unspecified atom stereocenters.